The second-order valence-electron chi connectivity index (χ2n) is 5.24. The van der Waals surface area contributed by atoms with Crippen molar-refractivity contribution in [1.29, 1.82) is 0 Å². The number of hydrogen-bond donors (Lipinski definition) is 1. The molecule has 0 saturated carbocycles. The second kappa shape index (κ2) is 9.79. The summed E-state index contributed by atoms with van der Waals surface area (Å²) in [4.78, 5) is 8.68. The third kappa shape index (κ3) is 5.87. The monoisotopic (exact) mass is 316 g/mol. The fourth-order valence-corrected chi connectivity index (χ4v) is 2.13. The maximum atomic E-state index is 5.93. The van der Waals surface area contributed by atoms with E-state index in [9.17, 15) is 0 Å². The summed E-state index contributed by atoms with van der Waals surface area (Å²) in [5.41, 5.74) is 3.24. The van der Waals surface area contributed by atoms with Crippen LogP contribution in [0, 0.1) is 0 Å². The highest BCUT2D eigenvalue weighted by atomic mass is 16.5. The van der Waals surface area contributed by atoms with Crippen LogP contribution in [0.15, 0.2) is 40.8 Å². The highest BCUT2D eigenvalue weighted by Gasteiger charge is 2.11. The molecule has 0 aromatic heterocycles. The van der Waals surface area contributed by atoms with Crippen LogP contribution < -0.4 is 10.9 Å². The van der Waals surface area contributed by atoms with Crippen LogP contribution in [0.4, 0.5) is 5.69 Å². The third-order valence-corrected chi connectivity index (χ3v) is 3.43. The zero-order chi connectivity index (χ0) is 17.2. The predicted octanol–water partition coefficient (Wildman–Crippen LogP) is 3.14. The van der Waals surface area contributed by atoms with E-state index in [1.54, 1.807) is 17.3 Å². The van der Waals surface area contributed by atoms with E-state index in [4.69, 9.17) is 10.6 Å². The Morgan fingerprint density at radius 3 is 2.74 bits per heavy atom. The second-order valence-corrected chi connectivity index (χ2v) is 5.24. The Labute approximate surface area is 139 Å². The minimum absolute atomic E-state index is 0.0219. The molecule has 0 saturated heterocycles. The van der Waals surface area contributed by atoms with E-state index in [1.165, 1.54) is 5.56 Å². The zero-order valence-electron chi connectivity index (χ0n) is 14.6. The van der Waals surface area contributed by atoms with Crippen LogP contribution in [0.3, 0.4) is 0 Å². The molecule has 0 aliphatic rings. The number of hydrazine groups is 1. The lowest BCUT2D eigenvalue weighted by Crippen LogP contribution is -2.27. The molecule has 0 fully saturated rings. The van der Waals surface area contributed by atoms with Gasteiger partial charge in [0, 0.05) is 19.2 Å². The number of rotatable bonds is 8. The highest BCUT2D eigenvalue weighted by Crippen LogP contribution is 2.23. The van der Waals surface area contributed by atoms with Gasteiger partial charge in [0.15, 0.2) is 0 Å². The maximum absolute atomic E-state index is 5.93. The van der Waals surface area contributed by atoms with Crippen LogP contribution >= 0.6 is 0 Å². The van der Waals surface area contributed by atoms with Crippen molar-refractivity contribution in [2.75, 3.05) is 18.6 Å². The summed E-state index contributed by atoms with van der Waals surface area (Å²) in [5.74, 6) is 6.44. The summed E-state index contributed by atoms with van der Waals surface area (Å²) in [7, 11) is 1.83. The molecule has 1 aromatic carbocycles. The van der Waals surface area contributed by atoms with Gasteiger partial charge in [0.2, 0.25) is 5.90 Å². The molecule has 0 amide bonds. The zero-order valence-corrected chi connectivity index (χ0v) is 14.6. The molecule has 1 atom stereocenters. The molecule has 23 heavy (non-hydrogen) atoms. The topological polar surface area (TPSA) is 63.2 Å². The van der Waals surface area contributed by atoms with Gasteiger partial charge in [-0.1, -0.05) is 25.1 Å². The molecule has 0 heterocycles. The van der Waals surface area contributed by atoms with Crippen LogP contribution in [-0.2, 0) is 17.8 Å². The van der Waals surface area contributed by atoms with Gasteiger partial charge in [0.05, 0.1) is 17.9 Å². The van der Waals surface area contributed by atoms with Crippen molar-refractivity contribution in [3.05, 3.63) is 42.0 Å². The van der Waals surface area contributed by atoms with Crippen LogP contribution in [0.2, 0.25) is 0 Å². The molecule has 0 aliphatic heterocycles. The molecule has 0 bridgehead atoms. The smallest absolute Gasteiger partial charge is 0.228 e. The molecule has 5 nitrogen and oxygen atoms in total. The van der Waals surface area contributed by atoms with Gasteiger partial charge >= 0.3 is 0 Å². The first kappa shape index (κ1) is 18.9. The maximum Gasteiger partial charge on any atom is 0.228 e. The molecule has 5 heteroatoms. The summed E-state index contributed by atoms with van der Waals surface area (Å²) >= 11 is 0. The predicted molar refractivity (Wildman–Crippen MR) is 99.3 cm³/mol. The first-order valence-electron chi connectivity index (χ1n) is 7.95. The van der Waals surface area contributed by atoms with E-state index in [2.05, 4.69) is 29.6 Å². The SMILES string of the molecule is C=CC(C)N=C(C=NCC)OCc1c(CC)cccc1N(C)N. The molecule has 1 rings (SSSR count). The molecule has 0 spiro atoms. The Balaban J connectivity index is 3.03. The summed E-state index contributed by atoms with van der Waals surface area (Å²) < 4.78 is 5.91. The lowest BCUT2D eigenvalue weighted by atomic mass is 10.0. The molecule has 2 N–H and O–H groups in total. The van der Waals surface area contributed by atoms with E-state index in [0.717, 1.165) is 17.7 Å². The van der Waals surface area contributed by atoms with E-state index >= 15 is 0 Å². The van der Waals surface area contributed by atoms with Crippen molar-refractivity contribution in [3.8, 4) is 0 Å². The van der Waals surface area contributed by atoms with Gasteiger partial charge in [-0.25, -0.2) is 10.8 Å². The summed E-state index contributed by atoms with van der Waals surface area (Å²) in [6, 6.07) is 6.07. The Hall–Kier alpha value is -2.14. The number of nitrogens with zero attached hydrogens (tertiary/aromatic N) is 3. The molecular weight excluding hydrogens is 288 g/mol. The number of benzene rings is 1. The lowest BCUT2D eigenvalue weighted by Gasteiger charge is -2.20. The van der Waals surface area contributed by atoms with Gasteiger partial charge in [-0.3, -0.25) is 4.99 Å². The Morgan fingerprint density at radius 2 is 2.17 bits per heavy atom. The van der Waals surface area contributed by atoms with Gasteiger partial charge in [0.25, 0.3) is 0 Å². The minimum Gasteiger partial charge on any atom is -0.472 e. The fraction of sp³-hybridized carbons (Fsp3) is 0.444. The van der Waals surface area contributed by atoms with E-state index in [1.807, 2.05) is 33.0 Å². The molecule has 0 radical (unpaired) electrons. The summed E-state index contributed by atoms with van der Waals surface area (Å²) in [5, 5.41) is 1.61. The van der Waals surface area contributed by atoms with Crippen molar-refractivity contribution in [2.24, 2.45) is 15.8 Å². The summed E-state index contributed by atoms with van der Waals surface area (Å²) in [6.45, 7) is 10.9. The number of aliphatic imine (C=N–C) groups is 2. The van der Waals surface area contributed by atoms with E-state index < -0.39 is 0 Å². The fourth-order valence-electron chi connectivity index (χ4n) is 2.13. The minimum atomic E-state index is -0.0219. The Bertz CT molecular complexity index is 564. The summed E-state index contributed by atoms with van der Waals surface area (Å²) in [6.07, 6.45) is 4.35. The first-order chi connectivity index (χ1) is 11.0. The third-order valence-electron chi connectivity index (χ3n) is 3.43. The largest absolute Gasteiger partial charge is 0.472 e. The number of ether oxygens (including phenoxy) is 1. The van der Waals surface area contributed by atoms with Crippen LogP contribution in [0.5, 0.6) is 0 Å². The van der Waals surface area contributed by atoms with Crippen LogP contribution in [0.1, 0.15) is 31.9 Å². The van der Waals surface area contributed by atoms with Gasteiger partial charge in [0.1, 0.15) is 6.61 Å². The molecular formula is C18H28N4O. The van der Waals surface area contributed by atoms with E-state index in [-0.39, 0.29) is 6.04 Å². The van der Waals surface area contributed by atoms with Crippen LogP contribution in [-0.4, -0.2) is 31.7 Å². The number of anilines is 1. The quantitative estimate of drug-likeness (QED) is 0.263. The van der Waals surface area contributed by atoms with E-state index in [0.29, 0.717) is 19.0 Å². The molecule has 0 aliphatic carbocycles. The van der Waals surface area contributed by atoms with Crippen molar-refractivity contribution in [3.63, 3.8) is 0 Å². The van der Waals surface area contributed by atoms with Gasteiger partial charge < -0.3 is 9.75 Å². The Morgan fingerprint density at radius 1 is 1.43 bits per heavy atom. The Kier molecular flexibility index (Phi) is 8.05. The number of hydrogen-bond acceptors (Lipinski definition) is 5. The van der Waals surface area contributed by atoms with Crippen molar-refractivity contribution < 1.29 is 4.74 Å². The standard InChI is InChI=1S/C18H28N4O/c1-6-14(4)21-18(12-20-8-3)23-13-16-15(7-2)10-9-11-17(16)22(5)19/h6,9-12,14H,1,7-8,13,19H2,2-5H3. The average molecular weight is 316 g/mol. The average Bonchev–Trinajstić information content (AvgIpc) is 2.56. The van der Waals surface area contributed by atoms with Gasteiger partial charge in [-0.15, -0.1) is 6.58 Å². The first-order valence-corrected chi connectivity index (χ1v) is 7.95. The lowest BCUT2D eigenvalue weighted by molar-refractivity contribution is 0.296. The van der Waals surface area contributed by atoms with Crippen molar-refractivity contribution in [1.82, 2.24) is 0 Å². The molecule has 1 aromatic rings. The van der Waals surface area contributed by atoms with Gasteiger partial charge in [-0.05, 0) is 31.9 Å². The molecule has 126 valence electrons. The highest BCUT2D eigenvalue weighted by molar-refractivity contribution is 6.26. The van der Waals surface area contributed by atoms with Crippen LogP contribution in [0.25, 0.3) is 0 Å². The molecule has 1 unspecified atom stereocenters. The number of aryl methyl sites for hydroxylation is 1. The van der Waals surface area contributed by atoms with Crippen molar-refractivity contribution >= 4 is 17.8 Å². The van der Waals surface area contributed by atoms with Crippen molar-refractivity contribution in [2.45, 2.75) is 39.8 Å². The van der Waals surface area contributed by atoms with Gasteiger partial charge in [-0.2, -0.15) is 0 Å². The normalized spacial score (nSPS) is 13.2. The number of nitrogens with two attached hydrogens (primary N) is 1.